The van der Waals surface area contributed by atoms with Crippen LogP contribution in [-0.4, -0.2) is 54.5 Å². The van der Waals surface area contributed by atoms with Gasteiger partial charge in [-0.25, -0.2) is 0 Å². The Morgan fingerprint density at radius 2 is 1.58 bits per heavy atom. The van der Waals surface area contributed by atoms with Gasteiger partial charge in [-0.1, -0.05) is 6.92 Å². The predicted molar refractivity (Wildman–Crippen MR) is 88.0 cm³/mol. The van der Waals surface area contributed by atoms with Gasteiger partial charge in [-0.15, -0.1) is 0 Å². The van der Waals surface area contributed by atoms with Crippen LogP contribution in [0.25, 0.3) is 0 Å². The largest absolute Gasteiger partial charge is 0.393 e. The SMILES string of the molecule is CC1C(O)CC2C1(O)C(O)C[C@@]13CC(CCC1[C@@]2(C)O)[C@](C)(O)C3. The second kappa shape index (κ2) is 4.74. The van der Waals surface area contributed by atoms with Gasteiger partial charge in [0.1, 0.15) is 5.60 Å². The molecule has 4 rings (SSSR count). The Bertz CT molecular complexity index is 546. The van der Waals surface area contributed by atoms with Crippen LogP contribution in [0, 0.1) is 29.1 Å². The van der Waals surface area contributed by atoms with E-state index in [1.807, 2.05) is 6.92 Å². The Hall–Kier alpha value is -0.200. The van der Waals surface area contributed by atoms with Crippen molar-refractivity contribution >= 4 is 0 Å². The van der Waals surface area contributed by atoms with Gasteiger partial charge in [0.05, 0.1) is 23.4 Å². The molecule has 1 spiro atoms. The van der Waals surface area contributed by atoms with Gasteiger partial charge in [0.15, 0.2) is 0 Å². The van der Waals surface area contributed by atoms with Crippen molar-refractivity contribution in [3.05, 3.63) is 0 Å². The number of aliphatic hydroxyl groups excluding tert-OH is 2. The van der Waals surface area contributed by atoms with E-state index in [0.29, 0.717) is 19.3 Å². The first-order chi connectivity index (χ1) is 10.9. The molecule has 138 valence electrons. The van der Waals surface area contributed by atoms with Crippen LogP contribution >= 0.6 is 0 Å². The van der Waals surface area contributed by atoms with Crippen LogP contribution in [0.4, 0.5) is 0 Å². The maximum absolute atomic E-state index is 11.6. The Kier molecular flexibility index (Phi) is 3.40. The zero-order valence-corrected chi connectivity index (χ0v) is 14.9. The predicted octanol–water partition coefficient (Wildman–Crippen LogP) is 0.807. The van der Waals surface area contributed by atoms with Gasteiger partial charge in [0.2, 0.25) is 0 Å². The van der Waals surface area contributed by atoms with Crippen molar-refractivity contribution in [3.8, 4) is 0 Å². The Morgan fingerprint density at radius 3 is 2.25 bits per heavy atom. The van der Waals surface area contributed by atoms with Gasteiger partial charge < -0.3 is 25.5 Å². The van der Waals surface area contributed by atoms with Crippen molar-refractivity contribution in [3.63, 3.8) is 0 Å². The highest BCUT2D eigenvalue weighted by Crippen LogP contribution is 2.68. The van der Waals surface area contributed by atoms with Crippen molar-refractivity contribution in [1.82, 2.24) is 0 Å². The molecule has 4 aliphatic carbocycles. The minimum atomic E-state index is -1.47. The van der Waals surface area contributed by atoms with Crippen LogP contribution in [0.5, 0.6) is 0 Å². The van der Waals surface area contributed by atoms with Gasteiger partial charge >= 0.3 is 0 Å². The third-order valence-corrected chi connectivity index (χ3v) is 8.67. The monoisotopic (exact) mass is 340 g/mol. The van der Waals surface area contributed by atoms with Gasteiger partial charge in [-0.2, -0.15) is 0 Å². The van der Waals surface area contributed by atoms with E-state index in [0.717, 1.165) is 19.3 Å². The van der Waals surface area contributed by atoms with E-state index in [1.54, 1.807) is 13.8 Å². The number of aliphatic hydroxyl groups is 5. The van der Waals surface area contributed by atoms with Gasteiger partial charge in [0, 0.05) is 11.8 Å². The average molecular weight is 340 g/mol. The molecule has 4 saturated carbocycles. The lowest BCUT2D eigenvalue weighted by Crippen LogP contribution is -2.57. The van der Waals surface area contributed by atoms with E-state index >= 15 is 0 Å². The smallest absolute Gasteiger partial charge is 0.101 e. The van der Waals surface area contributed by atoms with Crippen molar-refractivity contribution in [1.29, 1.82) is 0 Å². The minimum Gasteiger partial charge on any atom is -0.393 e. The van der Waals surface area contributed by atoms with Gasteiger partial charge in [-0.05, 0) is 69.6 Å². The van der Waals surface area contributed by atoms with E-state index in [2.05, 4.69) is 0 Å². The summed E-state index contributed by atoms with van der Waals surface area (Å²) in [5.41, 5.74) is -3.74. The molecule has 4 aliphatic rings. The first kappa shape index (κ1) is 17.2. The van der Waals surface area contributed by atoms with E-state index in [1.165, 1.54) is 0 Å². The lowest BCUT2D eigenvalue weighted by molar-refractivity contribution is -0.175. The molecule has 5 heteroatoms. The zero-order valence-electron chi connectivity index (χ0n) is 14.9. The number of fused-ring (bicyclic) bond motifs is 2. The average Bonchev–Trinajstić information content (AvgIpc) is 2.80. The van der Waals surface area contributed by atoms with Crippen molar-refractivity contribution < 1.29 is 25.5 Å². The summed E-state index contributed by atoms with van der Waals surface area (Å²) in [5, 5.41) is 55.1. The van der Waals surface area contributed by atoms with Crippen molar-refractivity contribution in [2.75, 3.05) is 0 Å². The second-order valence-corrected chi connectivity index (χ2v) is 9.90. The van der Waals surface area contributed by atoms with E-state index < -0.39 is 40.8 Å². The van der Waals surface area contributed by atoms with Crippen LogP contribution < -0.4 is 0 Å². The van der Waals surface area contributed by atoms with Crippen molar-refractivity contribution in [2.24, 2.45) is 29.1 Å². The van der Waals surface area contributed by atoms with Crippen LogP contribution in [0.2, 0.25) is 0 Å². The maximum Gasteiger partial charge on any atom is 0.101 e. The fourth-order valence-corrected chi connectivity index (χ4v) is 7.50. The summed E-state index contributed by atoms with van der Waals surface area (Å²) in [7, 11) is 0. The molecule has 2 bridgehead atoms. The zero-order chi connectivity index (χ0) is 17.7. The number of hydrogen-bond acceptors (Lipinski definition) is 5. The molecule has 10 atom stereocenters. The van der Waals surface area contributed by atoms with Crippen LogP contribution in [0.3, 0.4) is 0 Å². The summed E-state index contributed by atoms with van der Waals surface area (Å²) in [6.07, 6.45) is 2.06. The third-order valence-electron chi connectivity index (χ3n) is 8.67. The highest BCUT2D eigenvalue weighted by Gasteiger charge is 2.71. The number of rotatable bonds is 0. The summed E-state index contributed by atoms with van der Waals surface area (Å²) in [6, 6.07) is 0. The first-order valence-corrected chi connectivity index (χ1v) is 9.48. The molecule has 0 radical (unpaired) electrons. The summed E-state index contributed by atoms with van der Waals surface area (Å²) in [5.74, 6) is -0.886. The lowest BCUT2D eigenvalue weighted by atomic mass is 9.59. The minimum absolute atomic E-state index is 0.0681. The molecule has 0 aromatic heterocycles. The number of hydrogen-bond donors (Lipinski definition) is 5. The highest BCUT2D eigenvalue weighted by atomic mass is 16.4. The van der Waals surface area contributed by atoms with E-state index in [9.17, 15) is 25.5 Å². The van der Waals surface area contributed by atoms with Crippen LogP contribution in [0.15, 0.2) is 0 Å². The molecular formula is C19H32O5. The van der Waals surface area contributed by atoms with Gasteiger partial charge in [-0.3, -0.25) is 0 Å². The van der Waals surface area contributed by atoms with E-state index in [4.69, 9.17) is 0 Å². The Balaban J connectivity index is 1.83. The van der Waals surface area contributed by atoms with Crippen molar-refractivity contribution in [2.45, 2.75) is 88.3 Å². The van der Waals surface area contributed by atoms with Gasteiger partial charge in [0.25, 0.3) is 0 Å². The molecule has 24 heavy (non-hydrogen) atoms. The molecule has 0 saturated heterocycles. The molecule has 0 aliphatic heterocycles. The normalized spacial score (nSPS) is 66.0. The molecule has 4 fully saturated rings. The standard InChI is InChI=1S/C19H32O5/c1-10-12(20)6-14-17(3,23)13-5-4-11-7-18(13,9-16(11,2)22)8-15(21)19(10,14)24/h10-15,20-24H,4-9H2,1-3H3/t10?,11?,12?,13?,14?,15?,16-,17-,18-,19?/m1/s1. The molecule has 0 aromatic carbocycles. The molecule has 5 nitrogen and oxygen atoms in total. The molecule has 0 heterocycles. The molecule has 5 N–H and O–H groups in total. The molecule has 7 unspecified atom stereocenters. The maximum atomic E-state index is 11.6. The topological polar surface area (TPSA) is 101 Å². The molecule has 0 amide bonds. The molecular weight excluding hydrogens is 308 g/mol. The van der Waals surface area contributed by atoms with Crippen LogP contribution in [-0.2, 0) is 0 Å². The molecule has 0 aromatic rings. The Labute approximate surface area is 143 Å². The third kappa shape index (κ3) is 1.88. The first-order valence-electron chi connectivity index (χ1n) is 9.48. The quantitative estimate of drug-likeness (QED) is 0.449. The summed E-state index contributed by atoms with van der Waals surface area (Å²) in [4.78, 5) is 0. The fraction of sp³-hybridized carbons (Fsp3) is 1.00. The summed E-state index contributed by atoms with van der Waals surface area (Å²) < 4.78 is 0. The highest BCUT2D eigenvalue weighted by molar-refractivity contribution is 5.21. The lowest BCUT2D eigenvalue weighted by Gasteiger charge is -2.49. The fourth-order valence-electron chi connectivity index (χ4n) is 7.50. The Morgan fingerprint density at radius 1 is 0.917 bits per heavy atom. The summed E-state index contributed by atoms with van der Waals surface area (Å²) in [6.45, 7) is 5.43. The second-order valence-electron chi connectivity index (χ2n) is 9.90. The van der Waals surface area contributed by atoms with E-state index in [-0.39, 0.29) is 17.3 Å². The van der Waals surface area contributed by atoms with Crippen LogP contribution in [0.1, 0.15) is 59.3 Å². The summed E-state index contributed by atoms with van der Waals surface area (Å²) >= 11 is 0.